The van der Waals surface area contributed by atoms with Gasteiger partial charge in [-0.3, -0.25) is 9.69 Å². The molecule has 0 aliphatic heterocycles. The van der Waals surface area contributed by atoms with Crippen molar-refractivity contribution in [2.75, 3.05) is 79.2 Å². The van der Waals surface area contributed by atoms with E-state index >= 15 is 0 Å². The number of benzene rings is 2. The minimum Gasteiger partial charge on any atom is -0.492 e. The third-order valence-corrected chi connectivity index (χ3v) is 8.92. The molecule has 0 fully saturated rings. The zero-order chi connectivity index (χ0) is 28.4. The summed E-state index contributed by atoms with van der Waals surface area (Å²) in [6.07, 6.45) is 0.743. The van der Waals surface area contributed by atoms with E-state index in [2.05, 4.69) is 4.90 Å². The SMILES string of the molecule is CCOc1cccc2sc(N(CCCN(C)C)C(=O)c3ccc(S(=O)(=O)N(CCOC)CCOC)cc3)nc12. The Labute approximate surface area is 235 Å². The summed E-state index contributed by atoms with van der Waals surface area (Å²) in [5.74, 6) is 0.435. The first-order valence-corrected chi connectivity index (χ1v) is 15.1. The van der Waals surface area contributed by atoms with Gasteiger partial charge in [0.1, 0.15) is 11.3 Å². The van der Waals surface area contributed by atoms with Crippen LogP contribution < -0.4 is 9.64 Å². The molecule has 0 aliphatic rings. The molecule has 0 aliphatic carbocycles. The summed E-state index contributed by atoms with van der Waals surface area (Å²) < 4.78 is 44.7. The molecule has 0 N–H and O–H groups in total. The number of hydrogen-bond donors (Lipinski definition) is 0. The van der Waals surface area contributed by atoms with Crippen molar-refractivity contribution in [3.63, 3.8) is 0 Å². The van der Waals surface area contributed by atoms with Gasteiger partial charge in [-0.05, 0) is 70.4 Å². The number of ether oxygens (including phenoxy) is 3. The monoisotopic (exact) mass is 578 g/mol. The molecule has 2 aromatic carbocycles. The molecule has 0 saturated carbocycles. The molecule has 0 radical (unpaired) electrons. The van der Waals surface area contributed by atoms with Crippen LogP contribution in [0.5, 0.6) is 5.75 Å². The number of sulfonamides is 1. The Morgan fingerprint density at radius 1 is 0.949 bits per heavy atom. The van der Waals surface area contributed by atoms with Gasteiger partial charge in [-0.2, -0.15) is 4.31 Å². The molecular weight excluding hydrogens is 540 g/mol. The number of amides is 1. The van der Waals surface area contributed by atoms with E-state index in [1.54, 1.807) is 17.0 Å². The minimum absolute atomic E-state index is 0.103. The Hall–Kier alpha value is -2.61. The summed E-state index contributed by atoms with van der Waals surface area (Å²) in [5, 5.41) is 0.572. The van der Waals surface area contributed by atoms with E-state index in [0.29, 0.717) is 29.6 Å². The van der Waals surface area contributed by atoms with Gasteiger partial charge in [0.25, 0.3) is 5.91 Å². The van der Waals surface area contributed by atoms with Crippen LogP contribution in [0.25, 0.3) is 10.2 Å². The molecule has 3 rings (SSSR count). The zero-order valence-corrected chi connectivity index (χ0v) is 24.9. The largest absolute Gasteiger partial charge is 0.492 e. The average Bonchev–Trinajstić information content (AvgIpc) is 3.36. The summed E-state index contributed by atoms with van der Waals surface area (Å²) in [4.78, 5) is 22.3. The fourth-order valence-corrected chi connectivity index (χ4v) is 6.36. The number of carbonyl (C=O) groups is 1. The number of fused-ring (bicyclic) bond motifs is 1. The third-order valence-electron chi connectivity index (χ3n) is 5.96. The van der Waals surface area contributed by atoms with E-state index in [9.17, 15) is 13.2 Å². The lowest BCUT2D eigenvalue weighted by Gasteiger charge is -2.22. The van der Waals surface area contributed by atoms with Gasteiger partial charge < -0.3 is 19.1 Å². The fourth-order valence-electron chi connectivity index (χ4n) is 3.94. The van der Waals surface area contributed by atoms with Crippen LogP contribution in [0.15, 0.2) is 47.4 Å². The van der Waals surface area contributed by atoms with Gasteiger partial charge in [-0.15, -0.1) is 0 Å². The number of carbonyl (C=O) groups excluding carboxylic acids is 1. The van der Waals surface area contributed by atoms with E-state index in [4.69, 9.17) is 19.2 Å². The number of methoxy groups -OCH3 is 2. The molecule has 0 saturated heterocycles. The molecule has 10 nitrogen and oxygen atoms in total. The topological polar surface area (TPSA) is 102 Å². The quantitative estimate of drug-likeness (QED) is 0.254. The maximum absolute atomic E-state index is 13.7. The fraction of sp³-hybridized carbons (Fsp3) is 0.481. The maximum atomic E-state index is 13.7. The van der Waals surface area contributed by atoms with Gasteiger partial charge in [0.15, 0.2) is 5.13 Å². The maximum Gasteiger partial charge on any atom is 0.260 e. The average molecular weight is 579 g/mol. The van der Waals surface area contributed by atoms with Crippen LogP contribution in [0, 0.1) is 0 Å². The molecule has 12 heteroatoms. The Morgan fingerprint density at radius 2 is 1.62 bits per heavy atom. The normalized spacial score (nSPS) is 12.0. The Kier molecular flexibility index (Phi) is 11.6. The third kappa shape index (κ3) is 7.96. The van der Waals surface area contributed by atoms with Gasteiger partial charge in [0.2, 0.25) is 10.0 Å². The molecule has 0 bridgehead atoms. The number of aromatic nitrogens is 1. The second kappa shape index (κ2) is 14.7. The highest BCUT2D eigenvalue weighted by molar-refractivity contribution is 7.89. The Balaban J connectivity index is 1.91. The van der Waals surface area contributed by atoms with Gasteiger partial charge in [-0.1, -0.05) is 17.4 Å². The van der Waals surface area contributed by atoms with Crippen molar-refractivity contribution in [3.8, 4) is 5.75 Å². The summed E-state index contributed by atoms with van der Waals surface area (Å²) in [7, 11) is 3.22. The van der Waals surface area contributed by atoms with E-state index in [0.717, 1.165) is 23.2 Å². The highest BCUT2D eigenvalue weighted by Crippen LogP contribution is 2.35. The van der Waals surface area contributed by atoms with Crippen LogP contribution in [0.2, 0.25) is 0 Å². The molecule has 0 unspecified atom stereocenters. The van der Waals surface area contributed by atoms with Gasteiger partial charge in [-0.25, -0.2) is 13.4 Å². The van der Waals surface area contributed by atoms with Crippen LogP contribution in [0.3, 0.4) is 0 Å². The van der Waals surface area contributed by atoms with Crippen molar-refractivity contribution in [1.29, 1.82) is 0 Å². The van der Waals surface area contributed by atoms with Crippen LogP contribution >= 0.6 is 11.3 Å². The van der Waals surface area contributed by atoms with E-state index in [1.165, 1.54) is 42.0 Å². The van der Waals surface area contributed by atoms with Gasteiger partial charge >= 0.3 is 0 Å². The highest BCUT2D eigenvalue weighted by Gasteiger charge is 2.26. The van der Waals surface area contributed by atoms with Crippen molar-refractivity contribution in [1.82, 2.24) is 14.2 Å². The number of rotatable bonds is 16. The number of anilines is 1. The molecule has 1 aromatic heterocycles. The number of hydrogen-bond acceptors (Lipinski definition) is 9. The molecular formula is C27H38N4O6S2. The number of para-hydroxylation sites is 1. The summed E-state index contributed by atoms with van der Waals surface area (Å²) in [5.41, 5.74) is 1.10. The molecule has 39 heavy (non-hydrogen) atoms. The summed E-state index contributed by atoms with van der Waals surface area (Å²) >= 11 is 1.43. The summed E-state index contributed by atoms with van der Waals surface area (Å²) in [6, 6.07) is 11.8. The van der Waals surface area contributed by atoms with Crippen molar-refractivity contribution < 1.29 is 27.4 Å². The number of thiazole rings is 1. The zero-order valence-electron chi connectivity index (χ0n) is 23.3. The molecule has 1 heterocycles. The smallest absolute Gasteiger partial charge is 0.260 e. The van der Waals surface area contributed by atoms with Crippen LogP contribution in [-0.4, -0.2) is 103 Å². The van der Waals surface area contributed by atoms with Gasteiger partial charge in [0.05, 0.1) is 29.4 Å². The standard InChI is InChI=1S/C27H38N4O6S2/c1-6-37-23-9-7-10-24-25(23)28-27(38-24)31(16-8-15-29(2)3)26(32)21-11-13-22(14-12-21)39(33,34)30(17-19-35-4)18-20-36-5/h7,9-14H,6,8,15-20H2,1-5H3. The van der Waals surface area contributed by atoms with Crippen molar-refractivity contribution in [2.24, 2.45) is 0 Å². The lowest BCUT2D eigenvalue weighted by molar-refractivity contribution is 0.0986. The first-order chi connectivity index (χ1) is 18.7. The van der Waals surface area contributed by atoms with Crippen LogP contribution in [0.4, 0.5) is 5.13 Å². The second-order valence-electron chi connectivity index (χ2n) is 9.06. The first kappa shape index (κ1) is 30.9. The molecule has 0 spiro atoms. The predicted molar refractivity (Wildman–Crippen MR) is 155 cm³/mol. The van der Waals surface area contributed by atoms with E-state index < -0.39 is 10.0 Å². The molecule has 3 aromatic rings. The van der Waals surface area contributed by atoms with E-state index in [1.807, 2.05) is 39.2 Å². The highest BCUT2D eigenvalue weighted by atomic mass is 32.2. The van der Waals surface area contributed by atoms with Crippen molar-refractivity contribution >= 4 is 42.6 Å². The lowest BCUT2D eigenvalue weighted by atomic mass is 10.2. The summed E-state index contributed by atoms with van der Waals surface area (Å²) in [6.45, 7) is 4.61. The molecule has 214 valence electrons. The van der Waals surface area contributed by atoms with Crippen LogP contribution in [-0.2, 0) is 19.5 Å². The van der Waals surface area contributed by atoms with Crippen molar-refractivity contribution in [2.45, 2.75) is 18.2 Å². The molecule has 0 atom stereocenters. The Bertz CT molecular complexity index is 1300. The predicted octanol–water partition coefficient (Wildman–Crippen LogP) is 3.58. The van der Waals surface area contributed by atoms with Crippen molar-refractivity contribution in [3.05, 3.63) is 48.0 Å². The van der Waals surface area contributed by atoms with Crippen LogP contribution in [0.1, 0.15) is 23.7 Å². The number of nitrogens with zero attached hydrogens (tertiary/aromatic N) is 4. The lowest BCUT2D eigenvalue weighted by Crippen LogP contribution is -2.36. The van der Waals surface area contributed by atoms with Gasteiger partial charge in [0, 0.05) is 39.4 Å². The minimum atomic E-state index is -3.79. The van der Waals surface area contributed by atoms with E-state index in [-0.39, 0.29) is 37.1 Å². The Morgan fingerprint density at radius 3 is 2.21 bits per heavy atom. The molecule has 1 amide bonds. The second-order valence-corrected chi connectivity index (χ2v) is 12.0. The first-order valence-electron chi connectivity index (χ1n) is 12.8.